The number of nitrogens with one attached hydrogen (secondary N) is 1. The third kappa shape index (κ3) is 3.53. The van der Waals surface area contributed by atoms with E-state index in [2.05, 4.69) is 5.32 Å². The van der Waals surface area contributed by atoms with Gasteiger partial charge in [-0.3, -0.25) is 14.5 Å². The number of benzene rings is 2. The number of hydrogen-bond acceptors (Lipinski definition) is 4. The van der Waals surface area contributed by atoms with Crippen LogP contribution in [-0.4, -0.2) is 11.7 Å². The van der Waals surface area contributed by atoms with Crippen LogP contribution in [0.5, 0.6) is 0 Å². The maximum atomic E-state index is 13.6. The molecule has 2 heterocycles. The van der Waals surface area contributed by atoms with Crippen LogP contribution in [0, 0.1) is 0 Å². The number of para-hydroxylation sites is 2. The molecule has 0 saturated carbocycles. The minimum absolute atomic E-state index is 0.0156. The number of amides is 1. The maximum Gasteiger partial charge on any atom is 0.227 e. The molecule has 2 aliphatic rings. The van der Waals surface area contributed by atoms with Gasteiger partial charge in [0.1, 0.15) is 5.76 Å². The molecule has 1 amide bonds. The summed E-state index contributed by atoms with van der Waals surface area (Å²) in [6.07, 6.45) is 2.92. The van der Waals surface area contributed by atoms with Crippen molar-refractivity contribution in [2.24, 2.45) is 0 Å². The average molecular weight is 447 g/mol. The van der Waals surface area contributed by atoms with Gasteiger partial charge in [0.2, 0.25) is 5.91 Å². The largest absolute Gasteiger partial charge is 0.469 e. The van der Waals surface area contributed by atoms with Crippen LogP contribution in [0.3, 0.4) is 0 Å². The lowest BCUT2D eigenvalue weighted by atomic mass is 9.80. The molecule has 32 heavy (non-hydrogen) atoms. The Morgan fingerprint density at radius 3 is 2.59 bits per heavy atom. The molecule has 6 heteroatoms. The third-order valence-corrected chi connectivity index (χ3v) is 6.44. The standard InChI is InChI=1S/C26H23ClN2O3/c1-2-24(31)29-21-7-4-3-6-19(21)28-20-14-17(23-8-5-13-32-23)15-22(30)25(20)26(29)16-9-11-18(27)12-10-16/h3-13,17,26,28H,2,14-15H2,1H3/t17-,26-/m1/s1. The molecule has 1 aliphatic heterocycles. The van der Waals surface area contributed by atoms with E-state index < -0.39 is 6.04 Å². The second kappa shape index (κ2) is 8.32. The molecule has 0 spiro atoms. The van der Waals surface area contributed by atoms with Gasteiger partial charge in [0.15, 0.2) is 5.78 Å². The molecule has 2 aromatic carbocycles. The van der Waals surface area contributed by atoms with Crippen LogP contribution < -0.4 is 10.2 Å². The van der Waals surface area contributed by atoms with Gasteiger partial charge < -0.3 is 9.73 Å². The lowest BCUT2D eigenvalue weighted by Crippen LogP contribution is -2.38. The summed E-state index contributed by atoms with van der Waals surface area (Å²) < 4.78 is 5.62. The molecule has 2 atom stereocenters. The first-order chi connectivity index (χ1) is 15.6. The number of Topliss-reactive ketones (excluding diaryl/α,β-unsaturated/α-hetero) is 1. The van der Waals surface area contributed by atoms with Crippen molar-refractivity contribution in [2.45, 2.75) is 38.1 Å². The number of carbonyl (C=O) groups excluding carboxylic acids is 2. The van der Waals surface area contributed by atoms with Gasteiger partial charge >= 0.3 is 0 Å². The Balaban J connectivity index is 1.72. The molecule has 0 bridgehead atoms. The van der Waals surface area contributed by atoms with Gasteiger partial charge in [-0.05, 0) is 48.4 Å². The molecule has 3 aromatic rings. The van der Waals surface area contributed by atoms with Crippen LogP contribution in [0.4, 0.5) is 11.4 Å². The van der Waals surface area contributed by atoms with Gasteiger partial charge in [0.25, 0.3) is 0 Å². The lowest BCUT2D eigenvalue weighted by Gasteiger charge is -2.34. The van der Waals surface area contributed by atoms with Crippen molar-refractivity contribution in [3.8, 4) is 0 Å². The number of carbonyl (C=O) groups is 2. The summed E-state index contributed by atoms with van der Waals surface area (Å²) in [7, 11) is 0. The number of ketones is 1. The van der Waals surface area contributed by atoms with E-state index in [9.17, 15) is 9.59 Å². The number of allylic oxidation sites excluding steroid dienone is 1. The smallest absolute Gasteiger partial charge is 0.227 e. The number of nitrogens with zero attached hydrogens (tertiary/aromatic N) is 1. The quantitative estimate of drug-likeness (QED) is 0.517. The summed E-state index contributed by atoms with van der Waals surface area (Å²) >= 11 is 6.15. The van der Waals surface area contributed by atoms with Gasteiger partial charge in [-0.1, -0.05) is 42.8 Å². The summed E-state index contributed by atoms with van der Waals surface area (Å²) in [6, 6.07) is 18.3. The number of anilines is 2. The average Bonchev–Trinajstić information content (AvgIpc) is 3.29. The van der Waals surface area contributed by atoms with Crippen molar-refractivity contribution >= 4 is 34.7 Å². The Morgan fingerprint density at radius 2 is 1.88 bits per heavy atom. The fourth-order valence-electron chi connectivity index (χ4n) is 4.72. The number of furan rings is 1. The first-order valence-corrected chi connectivity index (χ1v) is 11.2. The molecule has 0 radical (unpaired) electrons. The van der Waals surface area contributed by atoms with Crippen molar-refractivity contribution in [1.82, 2.24) is 0 Å². The summed E-state index contributed by atoms with van der Waals surface area (Å²) in [6.45, 7) is 1.84. The molecule has 0 unspecified atom stereocenters. The first-order valence-electron chi connectivity index (χ1n) is 10.8. The van der Waals surface area contributed by atoms with E-state index in [1.807, 2.05) is 55.5 Å². The Kier molecular flexibility index (Phi) is 5.35. The SMILES string of the molecule is CCC(=O)N1c2ccccc2NC2=C(C(=O)C[C@H](c3ccco3)C2)[C@H]1c1ccc(Cl)cc1. The van der Waals surface area contributed by atoms with Gasteiger partial charge in [-0.15, -0.1) is 0 Å². The van der Waals surface area contributed by atoms with Crippen LogP contribution in [0.15, 0.2) is 82.6 Å². The van der Waals surface area contributed by atoms with Gasteiger partial charge in [-0.25, -0.2) is 0 Å². The highest BCUT2D eigenvalue weighted by atomic mass is 35.5. The van der Waals surface area contributed by atoms with Crippen molar-refractivity contribution in [3.63, 3.8) is 0 Å². The molecule has 1 N–H and O–H groups in total. The van der Waals surface area contributed by atoms with Gasteiger partial charge in [0.05, 0.1) is 23.7 Å². The first kappa shape index (κ1) is 20.6. The topological polar surface area (TPSA) is 62.6 Å². The normalized spacial score (nSPS) is 20.3. The fraction of sp³-hybridized carbons (Fsp3) is 0.231. The third-order valence-electron chi connectivity index (χ3n) is 6.19. The van der Waals surface area contributed by atoms with E-state index in [1.54, 1.807) is 23.3 Å². The van der Waals surface area contributed by atoms with Crippen LogP contribution in [-0.2, 0) is 9.59 Å². The molecule has 162 valence electrons. The molecule has 5 rings (SSSR count). The van der Waals surface area contributed by atoms with E-state index in [4.69, 9.17) is 16.0 Å². The highest BCUT2D eigenvalue weighted by Crippen LogP contribution is 2.47. The molecular formula is C26H23ClN2O3. The maximum absolute atomic E-state index is 13.6. The second-order valence-electron chi connectivity index (χ2n) is 8.15. The number of rotatable bonds is 3. The molecule has 5 nitrogen and oxygen atoms in total. The highest BCUT2D eigenvalue weighted by Gasteiger charge is 2.41. The predicted octanol–water partition coefficient (Wildman–Crippen LogP) is 6.24. The summed E-state index contributed by atoms with van der Waals surface area (Å²) in [5, 5.41) is 4.11. The zero-order chi connectivity index (χ0) is 22.2. The van der Waals surface area contributed by atoms with E-state index in [0.29, 0.717) is 29.9 Å². The molecule has 0 saturated heterocycles. The lowest BCUT2D eigenvalue weighted by molar-refractivity contribution is -0.119. The Labute approximate surface area is 191 Å². The fourth-order valence-corrected chi connectivity index (χ4v) is 4.85. The number of hydrogen-bond donors (Lipinski definition) is 1. The van der Waals surface area contributed by atoms with Crippen molar-refractivity contribution < 1.29 is 14.0 Å². The Hall–Kier alpha value is -3.31. The van der Waals surface area contributed by atoms with Crippen LogP contribution >= 0.6 is 11.6 Å². The van der Waals surface area contributed by atoms with Crippen LogP contribution in [0.1, 0.15) is 49.5 Å². The number of fused-ring (bicyclic) bond motifs is 1. The summed E-state index contributed by atoms with van der Waals surface area (Å²) in [5.41, 5.74) is 3.89. The van der Waals surface area contributed by atoms with Gasteiger partial charge in [-0.2, -0.15) is 0 Å². The number of halogens is 1. The van der Waals surface area contributed by atoms with E-state index in [1.165, 1.54) is 0 Å². The van der Waals surface area contributed by atoms with Gasteiger partial charge in [0, 0.05) is 35.1 Å². The molecule has 1 aliphatic carbocycles. The predicted molar refractivity (Wildman–Crippen MR) is 125 cm³/mol. The second-order valence-corrected chi connectivity index (χ2v) is 8.59. The zero-order valence-electron chi connectivity index (χ0n) is 17.7. The van der Waals surface area contributed by atoms with Crippen molar-refractivity contribution in [2.75, 3.05) is 10.2 Å². The summed E-state index contributed by atoms with van der Waals surface area (Å²) in [5.74, 6) is 0.722. The minimum atomic E-state index is -0.532. The van der Waals surface area contributed by atoms with Crippen molar-refractivity contribution in [1.29, 1.82) is 0 Å². The van der Waals surface area contributed by atoms with E-state index in [-0.39, 0.29) is 17.6 Å². The van der Waals surface area contributed by atoms with Crippen molar-refractivity contribution in [3.05, 3.63) is 94.5 Å². The van der Waals surface area contributed by atoms with Crippen LogP contribution in [0.25, 0.3) is 0 Å². The molecule has 0 fully saturated rings. The molecular weight excluding hydrogens is 424 g/mol. The minimum Gasteiger partial charge on any atom is -0.469 e. The van der Waals surface area contributed by atoms with E-state index in [0.717, 1.165) is 28.4 Å². The Morgan fingerprint density at radius 1 is 1.09 bits per heavy atom. The summed E-state index contributed by atoms with van der Waals surface area (Å²) in [4.78, 5) is 28.7. The monoisotopic (exact) mass is 446 g/mol. The van der Waals surface area contributed by atoms with E-state index >= 15 is 0 Å². The highest BCUT2D eigenvalue weighted by molar-refractivity contribution is 6.30. The molecule has 1 aromatic heterocycles. The Bertz CT molecular complexity index is 1200. The zero-order valence-corrected chi connectivity index (χ0v) is 18.4. The van der Waals surface area contributed by atoms with Crippen LogP contribution in [0.2, 0.25) is 5.02 Å².